The Morgan fingerprint density at radius 3 is 2.87 bits per heavy atom. The van der Waals surface area contributed by atoms with Gasteiger partial charge >= 0.3 is 0 Å². The van der Waals surface area contributed by atoms with Crippen LogP contribution in [0.1, 0.15) is 17.9 Å². The largest absolute Gasteiger partial charge is 0.265 e. The Morgan fingerprint density at radius 1 is 1.22 bits per heavy atom. The topological polar surface area (TPSA) is 63.2 Å². The van der Waals surface area contributed by atoms with Gasteiger partial charge in [0, 0.05) is 31.7 Å². The summed E-state index contributed by atoms with van der Waals surface area (Å²) in [4.78, 5) is 8.55. The standard InChI is InChI=1S/C16H15N3O2S2/c20-23(21,14-9-16-15(18-10-14)4-8-22-16)19-7-3-13(11-19)12-1-5-17-6-2-12/h1-2,4-6,8-10,13H,3,7,11H2. The van der Waals surface area contributed by atoms with E-state index < -0.39 is 10.0 Å². The minimum Gasteiger partial charge on any atom is -0.265 e. The molecule has 0 spiro atoms. The molecule has 23 heavy (non-hydrogen) atoms. The van der Waals surface area contributed by atoms with Crippen LogP contribution in [0.4, 0.5) is 0 Å². The highest BCUT2D eigenvalue weighted by molar-refractivity contribution is 7.89. The molecule has 1 saturated heterocycles. The van der Waals surface area contributed by atoms with Crippen molar-refractivity contribution in [3.63, 3.8) is 0 Å². The quantitative estimate of drug-likeness (QED) is 0.732. The van der Waals surface area contributed by atoms with E-state index >= 15 is 0 Å². The molecule has 7 heteroatoms. The number of rotatable bonds is 3. The van der Waals surface area contributed by atoms with Gasteiger partial charge in [0.1, 0.15) is 4.90 Å². The zero-order chi connectivity index (χ0) is 15.9. The number of hydrogen-bond acceptors (Lipinski definition) is 5. The fraction of sp³-hybridized carbons (Fsp3) is 0.250. The van der Waals surface area contributed by atoms with Crippen molar-refractivity contribution >= 4 is 31.6 Å². The van der Waals surface area contributed by atoms with Gasteiger partial charge in [0.15, 0.2) is 0 Å². The Bertz CT molecular complexity index is 938. The lowest BCUT2D eigenvalue weighted by molar-refractivity contribution is 0.472. The third-order valence-electron chi connectivity index (χ3n) is 4.24. The van der Waals surface area contributed by atoms with E-state index in [9.17, 15) is 8.42 Å². The summed E-state index contributed by atoms with van der Waals surface area (Å²) >= 11 is 1.51. The monoisotopic (exact) mass is 345 g/mol. The van der Waals surface area contributed by atoms with Gasteiger partial charge < -0.3 is 0 Å². The second-order valence-electron chi connectivity index (χ2n) is 5.60. The maximum Gasteiger partial charge on any atom is 0.244 e. The maximum absolute atomic E-state index is 12.9. The summed E-state index contributed by atoms with van der Waals surface area (Å²) in [5.41, 5.74) is 1.98. The second-order valence-corrected chi connectivity index (χ2v) is 8.49. The first kappa shape index (κ1) is 14.7. The van der Waals surface area contributed by atoms with E-state index in [0.29, 0.717) is 13.1 Å². The van der Waals surface area contributed by atoms with Gasteiger partial charge in [-0.05, 0) is 47.5 Å². The van der Waals surface area contributed by atoms with Crippen molar-refractivity contribution in [2.24, 2.45) is 0 Å². The summed E-state index contributed by atoms with van der Waals surface area (Å²) in [6.07, 6.45) is 5.80. The van der Waals surface area contributed by atoms with Crippen molar-refractivity contribution in [1.82, 2.24) is 14.3 Å². The Balaban J connectivity index is 1.62. The highest BCUT2D eigenvalue weighted by Crippen LogP contribution is 2.31. The molecule has 0 aromatic carbocycles. The minimum absolute atomic E-state index is 0.228. The number of hydrogen-bond donors (Lipinski definition) is 0. The van der Waals surface area contributed by atoms with Crippen molar-refractivity contribution in [1.29, 1.82) is 0 Å². The number of pyridine rings is 2. The first-order valence-corrected chi connectivity index (χ1v) is 9.70. The van der Waals surface area contributed by atoms with Crippen molar-refractivity contribution in [3.05, 3.63) is 53.8 Å². The zero-order valence-electron chi connectivity index (χ0n) is 12.3. The van der Waals surface area contributed by atoms with E-state index in [1.54, 1.807) is 22.8 Å². The van der Waals surface area contributed by atoms with Crippen molar-refractivity contribution in [3.8, 4) is 0 Å². The van der Waals surface area contributed by atoms with Gasteiger partial charge in [0.05, 0.1) is 10.2 Å². The van der Waals surface area contributed by atoms with E-state index in [1.165, 1.54) is 17.5 Å². The molecule has 3 aromatic rings. The molecule has 0 aliphatic carbocycles. The summed E-state index contributed by atoms with van der Waals surface area (Å²) in [5, 5.41) is 1.92. The van der Waals surface area contributed by atoms with Crippen LogP contribution < -0.4 is 0 Å². The van der Waals surface area contributed by atoms with Crippen LogP contribution in [0, 0.1) is 0 Å². The highest BCUT2D eigenvalue weighted by Gasteiger charge is 2.33. The van der Waals surface area contributed by atoms with Crippen molar-refractivity contribution in [2.45, 2.75) is 17.2 Å². The summed E-state index contributed by atoms with van der Waals surface area (Å²) < 4.78 is 28.2. The molecule has 118 valence electrons. The lowest BCUT2D eigenvalue weighted by Gasteiger charge is -2.16. The molecule has 5 nitrogen and oxygen atoms in total. The summed E-state index contributed by atoms with van der Waals surface area (Å²) in [5.74, 6) is 0.228. The summed E-state index contributed by atoms with van der Waals surface area (Å²) in [6.45, 7) is 1.05. The first-order chi connectivity index (χ1) is 11.1. The fourth-order valence-corrected chi connectivity index (χ4v) is 5.30. The Hall–Kier alpha value is -1.83. The average Bonchev–Trinajstić information content (AvgIpc) is 3.24. The second kappa shape index (κ2) is 5.67. The van der Waals surface area contributed by atoms with Gasteiger partial charge in [-0.2, -0.15) is 4.31 Å². The SMILES string of the molecule is O=S(=O)(c1cnc2ccsc2c1)N1CCC(c2ccncc2)C1. The molecular formula is C16H15N3O2S2. The van der Waals surface area contributed by atoms with Gasteiger partial charge in [0.25, 0.3) is 0 Å². The predicted molar refractivity (Wildman–Crippen MR) is 90.0 cm³/mol. The molecule has 0 amide bonds. The third kappa shape index (κ3) is 2.65. The number of nitrogens with zero attached hydrogens (tertiary/aromatic N) is 3. The molecule has 1 unspecified atom stereocenters. The Kier molecular flexibility index (Phi) is 3.63. The average molecular weight is 345 g/mol. The normalized spacial score (nSPS) is 19.4. The number of fused-ring (bicyclic) bond motifs is 1. The third-order valence-corrected chi connectivity index (χ3v) is 6.93. The van der Waals surface area contributed by atoms with Crippen molar-refractivity contribution in [2.75, 3.05) is 13.1 Å². The van der Waals surface area contributed by atoms with E-state index in [2.05, 4.69) is 9.97 Å². The van der Waals surface area contributed by atoms with Crippen LogP contribution in [-0.2, 0) is 10.0 Å². The van der Waals surface area contributed by atoms with Crippen LogP contribution in [-0.4, -0.2) is 35.8 Å². The van der Waals surface area contributed by atoms with Gasteiger partial charge in [0.2, 0.25) is 10.0 Å². The van der Waals surface area contributed by atoms with E-state index in [-0.39, 0.29) is 10.8 Å². The molecule has 1 aliphatic rings. The van der Waals surface area contributed by atoms with Gasteiger partial charge in [-0.1, -0.05) is 0 Å². The number of thiophene rings is 1. The summed E-state index contributed by atoms with van der Waals surface area (Å²) in [7, 11) is -3.49. The Labute approximate surface area is 138 Å². The molecule has 4 rings (SSSR count). The minimum atomic E-state index is -3.49. The van der Waals surface area contributed by atoms with Crippen LogP contribution in [0.2, 0.25) is 0 Å². The molecule has 0 bridgehead atoms. The van der Waals surface area contributed by atoms with Crippen LogP contribution in [0.15, 0.2) is 53.1 Å². The van der Waals surface area contributed by atoms with Gasteiger partial charge in [-0.25, -0.2) is 8.42 Å². The molecule has 4 heterocycles. The Morgan fingerprint density at radius 2 is 2.04 bits per heavy atom. The molecule has 3 aromatic heterocycles. The summed E-state index contributed by atoms with van der Waals surface area (Å²) in [6, 6.07) is 7.54. The first-order valence-electron chi connectivity index (χ1n) is 7.38. The van der Waals surface area contributed by atoms with Crippen LogP contribution in [0.25, 0.3) is 10.2 Å². The maximum atomic E-state index is 12.9. The molecule has 1 aliphatic heterocycles. The molecule has 0 N–H and O–H groups in total. The fourth-order valence-electron chi connectivity index (χ4n) is 2.97. The van der Waals surface area contributed by atoms with E-state index in [0.717, 1.165) is 22.2 Å². The van der Waals surface area contributed by atoms with Crippen molar-refractivity contribution < 1.29 is 8.42 Å². The van der Waals surface area contributed by atoms with E-state index in [4.69, 9.17) is 0 Å². The lowest BCUT2D eigenvalue weighted by Crippen LogP contribution is -2.28. The van der Waals surface area contributed by atoms with E-state index in [1.807, 2.05) is 23.6 Å². The molecule has 0 radical (unpaired) electrons. The predicted octanol–water partition coefficient (Wildman–Crippen LogP) is 2.87. The molecule has 0 saturated carbocycles. The molecule has 1 atom stereocenters. The van der Waals surface area contributed by atoms with Crippen LogP contribution in [0.3, 0.4) is 0 Å². The highest BCUT2D eigenvalue weighted by atomic mass is 32.2. The van der Waals surface area contributed by atoms with Gasteiger partial charge in [-0.15, -0.1) is 11.3 Å². The number of aromatic nitrogens is 2. The molecular weight excluding hydrogens is 330 g/mol. The van der Waals surface area contributed by atoms with Crippen LogP contribution >= 0.6 is 11.3 Å². The molecule has 1 fully saturated rings. The lowest BCUT2D eigenvalue weighted by atomic mass is 10.0. The smallest absolute Gasteiger partial charge is 0.244 e. The number of sulfonamides is 1. The van der Waals surface area contributed by atoms with Crippen LogP contribution in [0.5, 0.6) is 0 Å². The zero-order valence-corrected chi connectivity index (χ0v) is 13.9. The van der Waals surface area contributed by atoms with Gasteiger partial charge in [-0.3, -0.25) is 9.97 Å².